The number of hydrogen-bond donors (Lipinski definition) is 0. The molecule has 2 aromatic heterocycles. The van der Waals surface area contributed by atoms with Crippen LogP contribution in [0.15, 0.2) is 31.4 Å². The molecule has 7 heteroatoms. The van der Waals surface area contributed by atoms with Gasteiger partial charge in [0.25, 0.3) is 0 Å². The Morgan fingerprint density at radius 1 is 1.32 bits per heavy atom. The van der Waals surface area contributed by atoms with Crippen molar-refractivity contribution >= 4 is 40.4 Å². The summed E-state index contributed by atoms with van der Waals surface area (Å²) < 4.78 is 11.1. The van der Waals surface area contributed by atoms with Crippen molar-refractivity contribution in [2.45, 2.75) is 13.8 Å². The third kappa shape index (κ3) is 4.36. The van der Waals surface area contributed by atoms with Crippen LogP contribution in [0.2, 0.25) is 0 Å². The van der Waals surface area contributed by atoms with Crippen LogP contribution in [0, 0.1) is 19.8 Å². The molecule has 1 fully saturated rings. The first-order valence-corrected chi connectivity index (χ1v) is 10.5. The third-order valence-corrected chi connectivity index (χ3v) is 6.70. The molecule has 0 amide bonds. The van der Waals surface area contributed by atoms with Gasteiger partial charge in [0.15, 0.2) is 0 Å². The van der Waals surface area contributed by atoms with Crippen LogP contribution in [0.5, 0.6) is 5.75 Å². The fourth-order valence-corrected chi connectivity index (χ4v) is 4.75. The average molecular weight is 444 g/mol. The Morgan fingerprint density at radius 2 is 2.06 bits per heavy atom. The number of pyridine rings is 1. The number of ether oxygens (including phenoxy) is 2. The molecule has 154 valence electrons. The Bertz CT molecular complexity index is 1180. The Labute approximate surface area is 207 Å². The van der Waals surface area contributed by atoms with Gasteiger partial charge in [0.1, 0.15) is 5.75 Å². The summed E-state index contributed by atoms with van der Waals surface area (Å²) in [6, 6.07) is 5.28. The molecule has 0 unspecified atom stereocenters. The van der Waals surface area contributed by atoms with Crippen LogP contribution in [-0.2, 0) is 4.74 Å². The van der Waals surface area contributed by atoms with Gasteiger partial charge in [-0.2, -0.15) is 0 Å². The summed E-state index contributed by atoms with van der Waals surface area (Å²) in [6.45, 7) is 13.4. The number of carbonyl (C=O) groups excluding carboxylic acids is 1. The molecule has 0 bridgehead atoms. The van der Waals surface area contributed by atoms with E-state index in [1.807, 2.05) is 19.9 Å². The van der Waals surface area contributed by atoms with Crippen LogP contribution in [0.4, 0.5) is 0 Å². The fourth-order valence-electron chi connectivity index (χ4n) is 3.63. The largest absolute Gasteiger partial charge is 1.00 e. The molecular formula is C24H22NNaO4S. The molecule has 0 saturated carbocycles. The molecule has 0 atom stereocenters. The van der Waals surface area contributed by atoms with Crippen molar-refractivity contribution in [2.24, 2.45) is 5.92 Å². The minimum Gasteiger partial charge on any atom is -0.545 e. The minimum atomic E-state index is -1.26. The number of carbonyl (C=O) groups is 1. The molecule has 0 spiro atoms. The zero-order chi connectivity index (χ0) is 21.4. The van der Waals surface area contributed by atoms with Gasteiger partial charge in [0.05, 0.1) is 47.3 Å². The number of rotatable bonds is 7. The summed E-state index contributed by atoms with van der Waals surface area (Å²) in [5.41, 5.74) is 4.12. The van der Waals surface area contributed by atoms with Gasteiger partial charge in [-0.15, -0.1) is 11.3 Å². The Balaban J connectivity index is 0.00000272. The maximum Gasteiger partial charge on any atom is 1.00 e. The van der Waals surface area contributed by atoms with Gasteiger partial charge >= 0.3 is 29.6 Å². The van der Waals surface area contributed by atoms with E-state index >= 15 is 0 Å². The maximum absolute atomic E-state index is 12.1. The molecule has 0 aliphatic carbocycles. The van der Waals surface area contributed by atoms with Gasteiger partial charge in [-0.05, 0) is 42.7 Å². The van der Waals surface area contributed by atoms with Crippen molar-refractivity contribution < 1.29 is 48.9 Å². The number of carboxylic acids is 1. The van der Waals surface area contributed by atoms with E-state index < -0.39 is 5.97 Å². The first-order valence-electron chi connectivity index (χ1n) is 9.69. The molecule has 31 heavy (non-hydrogen) atoms. The molecule has 1 aromatic carbocycles. The monoisotopic (exact) mass is 443 g/mol. The van der Waals surface area contributed by atoms with Crippen LogP contribution < -0.4 is 39.4 Å². The van der Waals surface area contributed by atoms with Gasteiger partial charge in [-0.3, -0.25) is 0 Å². The number of thiophene rings is 1. The van der Waals surface area contributed by atoms with E-state index in [0.717, 1.165) is 26.4 Å². The SMILES string of the molecule is C=Cc1sc(-c2cc(C(=O)[O-])c3c(OCC4COC4)ccc(C)c3n2)c(C)c1C=C.[Na+]. The smallest absolute Gasteiger partial charge is 0.545 e. The standard InChI is InChI=1S/C24H23NO4S.Na/c1-5-16-14(4)23(30-20(16)6-2)18-9-17(24(26)27)21-19(29-12-15-10-28-11-15)8-7-13(3)22(21)25-18;/h5-9,15H,1-2,10-12H2,3-4H3,(H,26,27);/q;+1/p-1. The number of aromatic nitrogens is 1. The van der Waals surface area contributed by atoms with Crippen molar-refractivity contribution in [1.82, 2.24) is 4.98 Å². The zero-order valence-electron chi connectivity index (χ0n) is 18.0. The average Bonchev–Trinajstić information content (AvgIpc) is 3.03. The third-order valence-electron chi connectivity index (χ3n) is 5.37. The summed E-state index contributed by atoms with van der Waals surface area (Å²) in [6.07, 6.45) is 3.56. The van der Waals surface area contributed by atoms with Crippen molar-refractivity contribution in [3.63, 3.8) is 0 Å². The maximum atomic E-state index is 12.1. The van der Waals surface area contributed by atoms with E-state index in [9.17, 15) is 9.90 Å². The van der Waals surface area contributed by atoms with E-state index in [2.05, 4.69) is 13.2 Å². The predicted octanol–water partition coefficient (Wildman–Crippen LogP) is 1.26. The first kappa shape index (κ1) is 23.7. The number of nitrogens with zero attached hydrogens (tertiary/aromatic N) is 1. The number of aryl methyl sites for hydroxylation is 1. The molecule has 0 radical (unpaired) electrons. The van der Waals surface area contributed by atoms with Crippen molar-refractivity contribution in [3.05, 3.63) is 58.5 Å². The summed E-state index contributed by atoms with van der Waals surface area (Å²) in [7, 11) is 0. The van der Waals surface area contributed by atoms with Gasteiger partial charge in [-0.1, -0.05) is 31.4 Å². The quantitative estimate of drug-likeness (QED) is 0.514. The number of benzene rings is 1. The van der Waals surface area contributed by atoms with Crippen LogP contribution in [-0.4, -0.2) is 30.8 Å². The second kappa shape index (κ2) is 9.67. The number of carboxylic acid groups (broad SMARTS) is 1. The van der Waals surface area contributed by atoms with E-state index in [4.69, 9.17) is 14.5 Å². The van der Waals surface area contributed by atoms with Gasteiger partial charge < -0.3 is 19.4 Å². The van der Waals surface area contributed by atoms with Gasteiger partial charge in [-0.25, -0.2) is 4.98 Å². The Hall–Kier alpha value is -1.96. The van der Waals surface area contributed by atoms with Crippen LogP contribution in [0.1, 0.15) is 31.9 Å². The molecule has 1 aliphatic heterocycles. The summed E-state index contributed by atoms with van der Waals surface area (Å²) >= 11 is 1.52. The van der Waals surface area contributed by atoms with Crippen molar-refractivity contribution in [3.8, 4) is 16.3 Å². The topological polar surface area (TPSA) is 71.5 Å². The summed E-state index contributed by atoms with van der Waals surface area (Å²) in [4.78, 5) is 18.8. The second-order valence-corrected chi connectivity index (χ2v) is 8.46. The predicted molar refractivity (Wildman–Crippen MR) is 119 cm³/mol. The van der Waals surface area contributed by atoms with Gasteiger partial charge in [0, 0.05) is 16.4 Å². The second-order valence-electron chi connectivity index (χ2n) is 7.40. The van der Waals surface area contributed by atoms with E-state index in [1.165, 1.54) is 11.3 Å². The van der Waals surface area contributed by atoms with Crippen LogP contribution >= 0.6 is 11.3 Å². The zero-order valence-corrected chi connectivity index (χ0v) is 20.8. The van der Waals surface area contributed by atoms with Crippen LogP contribution in [0.25, 0.3) is 33.6 Å². The van der Waals surface area contributed by atoms with Crippen molar-refractivity contribution in [1.29, 1.82) is 0 Å². The molecule has 3 heterocycles. The summed E-state index contributed by atoms with van der Waals surface area (Å²) in [5, 5.41) is 12.6. The number of fused-ring (bicyclic) bond motifs is 1. The fraction of sp³-hybridized carbons (Fsp3) is 0.250. The number of aromatic carboxylic acids is 1. The van der Waals surface area contributed by atoms with Crippen LogP contribution in [0.3, 0.4) is 0 Å². The minimum absolute atomic E-state index is 0. The first-order chi connectivity index (χ1) is 14.4. The molecular weight excluding hydrogens is 421 g/mol. The van der Waals surface area contributed by atoms with Gasteiger partial charge in [0.2, 0.25) is 0 Å². The Kier molecular flexibility index (Phi) is 7.39. The Morgan fingerprint density at radius 3 is 2.61 bits per heavy atom. The summed E-state index contributed by atoms with van der Waals surface area (Å²) in [5.74, 6) is -0.432. The van der Waals surface area contributed by atoms with E-state index in [1.54, 1.807) is 24.3 Å². The normalized spacial score (nSPS) is 13.4. The van der Waals surface area contributed by atoms with E-state index in [-0.39, 0.29) is 35.1 Å². The number of hydrogen-bond acceptors (Lipinski definition) is 6. The molecule has 1 aliphatic rings. The molecule has 0 N–H and O–H groups in total. The molecule has 4 rings (SSSR count). The van der Waals surface area contributed by atoms with Crippen molar-refractivity contribution in [2.75, 3.05) is 19.8 Å². The molecule has 5 nitrogen and oxygen atoms in total. The molecule has 3 aromatic rings. The molecule has 1 saturated heterocycles. The van der Waals surface area contributed by atoms with E-state index in [0.29, 0.717) is 48.1 Å².